The molecule has 0 bridgehead atoms. The number of nitrogens with zero attached hydrogens (tertiary/aromatic N) is 3. The molecule has 3 aromatic carbocycles. The van der Waals surface area contributed by atoms with Crippen molar-refractivity contribution in [3.63, 3.8) is 0 Å². The molecule has 0 saturated carbocycles. The van der Waals surface area contributed by atoms with Crippen LogP contribution >= 0.6 is 0 Å². The van der Waals surface area contributed by atoms with Crippen LogP contribution in [-0.4, -0.2) is 58.7 Å². The van der Waals surface area contributed by atoms with Gasteiger partial charge in [0.1, 0.15) is 23.9 Å². The Morgan fingerprint density at radius 3 is 2.35 bits per heavy atom. The fourth-order valence-electron chi connectivity index (χ4n) is 5.66. The quantitative estimate of drug-likeness (QED) is 0.390. The van der Waals surface area contributed by atoms with Crippen LogP contribution in [-0.2, 0) is 29.1 Å². The van der Waals surface area contributed by atoms with Crippen LogP contribution in [0.2, 0.25) is 0 Å². The Bertz CT molecular complexity index is 1430. The monoisotopic (exact) mass is 493 g/mol. The summed E-state index contributed by atoms with van der Waals surface area (Å²) in [6.45, 7) is 5.23. The summed E-state index contributed by atoms with van der Waals surface area (Å²) in [7, 11) is 0. The van der Waals surface area contributed by atoms with Gasteiger partial charge in [0.05, 0.1) is 6.54 Å². The highest BCUT2D eigenvalue weighted by Gasteiger charge is 2.42. The first-order valence-corrected chi connectivity index (χ1v) is 13.0. The lowest BCUT2D eigenvalue weighted by atomic mass is 10.0. The van der Waals surface area contributed by atoms with Crippen LogP contribution < -0.4 is 0 Å². The first-order chi connectivity index (χ1) is 18.1. The van der Waals surface area contributed by atoms with Crippen molar-refractivity contribution < 1.29 is 14.0 Å². The van der Waals surface area contributed by atoms with E-state index in [1.165, 1.54) is 16.7 Å². The maximum Gasteiger partial charge on any atom is 0.247 e. The van der Waals surface area contributed by atoms with Crippen LogP contribution in [0.5, 0.6) is 0 Å². The number of hydrogen-bond donors (Lipinski definition) is 0. The number of rotatable bonds is 6. The smallest absolute Gasteiger partial charge is 0.247 e. The molecule has 0 N–H and O–H groups in total. The molecule has 2 saturated heterocycles. The van der Waals surface area contributed by atoms with Crippen LogP contribution in [0.15, 0.2) is 83.3 Å². The summed E-state index contributed by atoms with van der Waals surface area (Å²) in [4.78, 5) is 32.5. The van der Waals surface area contributed by atoms with E-state index < -0.39 is 6.04 Å². The number of carbonyl (C=O) groups excluding carboxylic acids is 2. The molecule has 0 radical (unpaired) electrons. The summed E-state index contributed by atoms with van der Waals surface area (Å²) in [6, 6.07) is 26.4. The summed E-state index contributed by atoms with van der Waals surface area (Å²) in [6.07, 6.45) is 0.742. The van der Waals surface area contributed by atoms with Crippen molar-refractivity contribution in [2.45, 2.75) is 32.5 Å². The molecule has 6 nitrogen and oxygen atoms in total. The summed E-state index contributed by atoms with van der Waals surface area (Å²) in [5.41, 5.74) is 5.44. The average molecular weight is 494 g/mol. The Balaban J connectivity index is 1.17. The van der Waals surface area contributed by atoms with E-state index in [1.54, 1.807) is 9.80 Å². The molecular weight excluding hydrogens is 462 g/mol. The van der Waals surface area contributed by atoms with Gasteiger partial charge in [0.15, 0.2) is 0 Å². The summed E-state index contributed by atoms with van der Waals surface area (Å²) < 4.78 is 6.04. The zero-order valence-corrected chi connectivity index (χ0v) is 21.1. The second-order valence-electron chi connectivity index (χ2n) is 9.95. The van der Waals surface area contributed by atoms with Gasteiger partial charge in [-0.1, -0.05) is 79.7 Å². The predicted octanol–water partition coefficient (Wildman–Crippen LogP) is 4.72. The number of amides is 2. The molecule has 6 heteroatoms. The zero-order chi connectivity index (χ0) is 25.4. The van der Waals surface area contributed by atoms with E-state index in [9.17, 15) is 9.59 Å². The van der Waals surface area contributed by atoms with E-state index in [4.69, 9.17) is 4.42 Å². The van der Waals surface area contributed by atoms with E-state index >= 15 is 0 Å². The lowest BCUT2D eigenvalue weighted by Crippen LogP contribution is -2.66. The van der Waals surface area contributed by atoms with Crippen LogP contribution in [0.1, 0.15) is 23.8 Å². The van der Waals surface area contributed by atoms with E-state index in [0.29, 0.717) is 19.6 Å². The predicted molar refractivity (Wildman–Crippen MR) is 144 cm³/mol. The molecule has 2 aliphatic rings. The summed E-state index contributed by atoms with van der Waals surface area (Å²) >= 11 is 0. The molecule has 1 aromatic heterocycles. The fraction of sp³-hybridized carbons (Fsp3) is 0.290. The third-order valence-electron chi connectivity index (χ3n) is 7.63. The minimum Gasteiger partial charge on any atom is -0.461 e. The van der Waals surface area contributed by atoms with Crippen LogP contribution in [0, 0.1) is 0 Å². The number of piperazine rings is 2. The molecular formula is C31H31N3O3. The number of para-hydroxylation sites is 1. The molecule has 2 fully saturated rings. The van der Waals surface area contributed by atoms with E-state index in [1.807, 2.05) is 42.5 Å². The molecule has 2 amide bonds. The van der Waals surface area contributed by atoms with Crippen molar-refractivity contribution in [3.05, 3.63) is 95.7 Å². The molecule has 0 spiro atoms. The molecule has 4 aromatic rings. The molecule has 37 heavy (non-hydrogen) atoms. The number of fused-ring (bicyclic) bond motifs is 2. The van der Waals surface area contributed by atoms with Gasteiger partial charge in [0, 0.05) is 43.5 Å². The molecule has 0 aliphatic carbocycles. The average Bonchev–Trinajstić information content (AvgIpc) is 3.30. The van der Waals surface area contributed by atoms with Crippen molar-refractivity contribution in [3.8, 4) is 11.1 Å². The van der Waals surface area contributed by atoms with Crippen LogP contribution in [0.3, 0.4) is 0 Å². The Labute approximate surface area is 217 Å². The van der Waals surface area contributed by atoms with Gasteiger partial charge in [-0.15, -0.1) is 0 Å². The molecule has 2 aliphatic heterocycles. The highest BCUT2D eigenvalue weighted by molar-refractivity contribution is 5.95. The maximum atomic E-state index is 13.6. The second kappa shape index (κ2) is 9.87. The molecule has 6 rings (SSSR count). The van der Waals surface area contributed by atoms with Gasteiger partial charge >= 0.3 is 0 Å². The number of furan rings is 1. The van der Waals surface area contributed by atoms with Crippen molar-refractivity contribution in [2.24, 2.45) is 0 Å². The summed E-state index contributed by atoms with van der Waals surface area (Å²) in [5, 5.41) is 1.02. The number of benzene rings is 3. The van der Waals surface area contributed by atoms with Crippen molar-refractivity contribution in [2.75, 3.05) is 26.2 Å². The summed E-state index contributed by atoms with van der Waals surface area (Å²) in [5.74, 6) is 0.937. The normalized spacial score (nSPS) is 18.5. The third-order valence-corrected chi connectivity index (χ3v) is 7.63. The molecule has 1 unspecified atom stereocenters. The number of aryl methyl sites for hydroxylation is 1. The number of carbonyl (C=O) groups is 2. The van der Waals surface area contributed by atoms with Gasteiger partial charge in [-0.05, 0) is 22.8 Å². The van der Waals surface area contributed by atoms with Gasteiger partial charge in [0.25, 0.3) is 0 Å². The van der Waals surface area contributed by atoms with Gasteiger partial charge in [-0.2, -0.15) is 0 Å². The SMILES string of the molecule is CCc1oc2ccccc2c1CN1CC(=O)N2CCN(Cc3ccc(-c4ccccc4)cc3)CC2C1=O. The molecule has 188 valence electrons. The van der Waals surface area contributed by atoms with Gasteiger partial charge in [0.2, 0.25) is 11.8 Å². The highest BCUT2D eigenvalue weighted by Crippen LogP contribution is 2.29. The van der Waals surface area contributed by atoms with Crippen molar-refractivity contribution >= 4 is 22.8 Å². The Morgan fingerprint density at radius 1 is 0.838 bits per heavy atom. The minimum atomic E-state index is -0.443. The highest BCUT2D eigenvalue weighted by atomic mass is 16.3. The standard InChI is InChI=1S/C31H31N3O3/c1-2-28-26(25-10-6-7-11-29(25)37-28)19-33-21-30(35)34-17-16-32(20-27(34)31(33)36)18-22-12-14-24(15-13-22)23-8-4-3-5-9-23/h3-15,27H,2,16-21H2,1H3. The van der Waals surface area contributed by atoms with Gasteiger partial charge in [-0.3, -0.25) is 14.5 Å². The van der Waals surface area contributed by atoms with E-state index in [0.717, 1.165) is 41.8 Å². The van der Waals surface area contributed by atoms with Gasteiger partial charge in [-0.25, -0.2) is 0 Å². The second-order valence-corrected chi connectivity index (χ2v) is 9.95. The van der Waals surface area contributed by atoms with Crippen molar-refractivity contribution in [1.29, 1.82) is 0 Å². The lowest BCUT2D eigenvalue weighted by molar-refractivity contribution is -0.160. The largest absolute Gasteiger partial charge is 0.461 e. The Morgan fingerprint density at radius 2 is 1.57 bits per heavy atom. The van der Waals surface area contributed by atoms with E-state index in [-0.39, 0.29) is 18.4 Å². The third kappa shape index (κ3) is 4.53. The maximum absolute atomic E-state index is 13.6. The first-order valence-electron chi connectivity index (χ1n) is 13.0. The van der Waals surface area contributed by atoms with Gasteiger partial charge < -0.3 is 14.2 Å². The van der Waals surface area contributed by atoms with Crippen molar-refractivity contribution in [1.82, 2.24) is 14.7 Å². The Kier molecular flexibility index (Phi) is 6.26. The lowest BCUT2D eigenvalue weighted by Gasteiger charge is -2.46. The molecule has 1 atom stereocenters. The van der Waals surface area contributed by atoms with Crippen LogP contribution in [0.25, 0.3) is 22.1 Å². The topological polar surface area (TPSA) is 57.0 Å². The fourth-order valence-corrected chi connectivity index (χ4v) is 5.66. The zero-order valence-electron chi connectivity index (χ0n) is 21.1. The van der Waals surface area contributed by atoms with Crippen LogP contribution in [0.4, 0.5) is 0 Å². The minimum absolute atomic E-state index is 0.0241. The first kappa shape index (κ1) is 23.5. The molecule has 3 heterocycles. The Hall–Kier alpha value is -3.90. The van der Waals surface area contributed by atoms with E-state index in [2.05, 4.69) is 48.2 Å². The number of hydrogen-bond acceptors (Lipinski definition) is 4.